The minimum atomic E-state index is 0.478. The number of imidazole rings is 1. The van der Waals surface area contributed by atoms with Crippen LogP contribution >= 0.6 is 0 Å². The molecule has 1 fully saturated rings. The van der Waals surface area contributed by atoms with Gasteiger partial charge in [0.25, 0.3) is 0 Å². The van der Waals surface area contributed by atoms with Gasteiger partial charge in [0, 0.05) is 24.6 Å². The van der Waals surface area contributed by atoms with Crippen LogP contribution in [-0.2, 0) is 6.54 Å². The molecule has 3 heterocycles. The largest absolute Gasteiger partial charge is 0.347 e. The molecule has 0 aromatic carbocycles. The maximum Gasteiger partial charge on any atom is 0.0922 e. The van der Waals surface area contributed by atoms with Gasteiger partial charge in [0.05, 0.1) is 18.1 Å². The Hall–Kier alpha value is -1.62. The summed E-state index contributed by atoms with van der Waals surface area (Å²) in [5.74, 6) is 0. The first-order chi connectivity index (χ1) is 7.93. The smallest absolute Gasteiger partial charge is 0.0922 e. The lowest BCUT2D eigenvalue weighted by Gasteiger charge is -2.22. The second-order valence-electron chi connectivity index (χ2n) is 4.22. The fourth-order valence-electron chi connectivity index (χ4n) is 2.41. The summed E-state index contributed by atoms with van der Waals surface area (Å²) in [4.78, 5) is 9.66. The zero-order chi connectivity index (χ0) is 10.8. The standard InChI is InChI=1S/C11H15N5/c1-2-11(10-3-4-14-15-10)16(5-1)7-9-6-12-8-13-9/h3-4,6,8,11H,1-2,5,7H2,(H,12,13)(H,14,15)/t11-/m1/s1. The number of hydrogen-bond donors (Lipinski definition) is 2. The van der Waals surface area contributed by atoms with Crippen LogP contribution < -0.4 is 0 Å². The average molecular weight is 217 g/mol. The molecule has 5 heteroatoms. The van der Waals surface area contributed by atoms with Crippen LogP contribution in [0.15, 0.2) is 24.8 Å². The first-order valence-corrected chi connectivity index (χ1v) is 5.64. The predicted octanol–water partition coefficient (Wildman–Crippen LogP) is 1.47. The Morgan fingerprint density at radius 2 is 2.50 bits per heavy atom. The van der Waals surface area contributed by atoms with Crippen molar-refractivity contribution in [2.75, 3.05) is 6.54 Å². The highest BCUT2D eigenvalue weighted by Crippen LogP contribution is 2.31. The molecule has 16 heavy (non-hydrogen) atoms. The molecule has 1 aliphatic rings. The van der Waals surface area contributed by atoms with Crippen molar-refractivity contribution in [1.82, 2.24) is 25.1 Å². The van der Waals surface area contributed by atoms with Crippen LogP contribution in [0.3, 0.4) is 0 Å². The fraction of sp³-hybridized carbons (Fsp3) is 0.455. The van der Waals surface area contributed by atoms with Gasteiger partial charge < -0.3 is 4.98 Å². The van der Waals surface area contributed by atoms with Gasteiger partial charge in [-0.3, -0.25) is 10.00 Å². The summed E-state index contributed by atoms with van der Waals surface area (Å²) in [5.41, 5.74) is 2.39. The van der Waals surface area contributed by atoms with Crippen molar-refractivity contribution in [1.29, 1.82) is 0 Å². The monoisotopic (exact) mass is 217 g/mol. The van der Waals surface area contributed by atoms with E-state index in [1.54, 1.807) is 6.33 Å². The highest BCUT2D eigenvalue weighted by Gasteiger charge is 2.26. The average Bonchev–Trinajstić information content (AvgIpc) is 2.98. The van der Waals surface area contributed by atoms with Gasteiger partial charge in [-0.2, -0.15) is 5.10 Å². The third-order valence-electron chi connectivity index (χ3n) is 3.17. The van der Waals surface area contributed by atoms with Crippen LogP contribution in [-0.4, -0.2) is 31.6 Å². The Labute approximate surface area is 93.9 Å². The van der Waals surface area contributed by atoms with Gasteiger partial charge in [-0.05, 0) is 25.5 Å². The minimum absolute atomic E-state index is 0.478. The van der Waals surface area contributed by atoms with Crippen LogP contribution in [0, 0.1) is 0 Å². The van der Waals surface area contributed by atoms with Crippen LogP contribution in [0.5, 0.6) is 0 Å². The molecule has 3 rings (SSSR count). The van der Waals surface area contributed by atoms with Gasteiger partial charge in [-0.1, -0.05) is 0 Å². The summed E-state index contributed by atoms with van der Waals surface area (Å²) in [7, 11) is 0. The van der Waals surface area contributed by atoms with Gasteiger partial charge >= 0.3 is 0 Å². The van der Waals surface area contributed by atoms with E-state index in [1.807, 2.05) is 12.4 Å². The van der Waals surface area contributed by atoms with E-state index < -0.39 is 0 Å². The number of likely N-dealkylation sites (tertiary alicyclic amines) is 1. The number of rotatable bonds is 3. The lowest BCUT2D eigenvalue weighted by molar-refractivity contribution is 0.242. The summed E-state index contributed by atoms with van der Waals surface area (Å²) >= 11 is 0. The van der Waals surface area contributed by atoms with E-state index in [-0.39, 0.29) is 0 Å². The molecule has 1 aliphatic heterocycles. The fourth-order valence-corrected chi connectivity index (χ4v) is 2.41. The van der Waals surface area contributed by atoms with Crippen molar-refractivity contribution < 1.29 is 0 Å². The summed E-state index contributed by atoms with van der Waals surface area (Å²) < 4.78 is 0. The number of nitrogens with zero attached hydrogens (tertiary/aromatic N) is 3. The quantitative estimate of drug-likeness (QED) is 0.818. The summed E-state index contributed by atoms with van der Waals surface area (Å²) in [5, 5.41) is 7.10. The SMILES string of the molecule is c1cc([C@H]2CCCN2Cc2cnc[nH]2)[nH]n1. The number of aromatic amines is 2. The maximum atomic E-state index is 4.05. The molecule has 0 saturated carbocycles. The van der Waals surface area contributed by atoms with E-state index in [2.05, 4.69) is 31.1 Å². The topological polar surface area (TPSA) is 60.6 Å². The minimum Gasteiger partial charge on any atom is -0.347 e. The molecular weight excluding hydrogens is 202 g/mol. The zero-order valence-electron chi connectivity index (χ0n) is 9.06. The van der Waals surface area contributed by atoms with Crippen molar-refractivity contribution in [2.24, 2.45) is 0 Å². The predicted molar refractivity (Wildman–Crippen MR) is 59.6 cm³/mol. The van der Waals surface area contributed by atoms with E-state index >= 15 is 0 Å². The molecule has 0 bridgehead atoms. The highest BCUT2D eigenvalue weighted by molar-refractivity contribution is 5.08. The third kappa shape index (κ3) is 1.74. The van der Waals surface area contributed by atoms with E-state index in [0.29, 0.717) is 6.04 Å². The van der Waals surface area contributed by atoms with Crippen molar-refractivity contribution >= 4 is 0 Å². The second kappa shape index (κ2) is 4.09. The second-order valence-corrected chi connectivity index (χ2v) is 4.22. The molecule has 0 spiro atoms. The van der Waals surface area contributed by atoms with Crippen molar-refractivity contribution in [3.63, 3.8) is 0 Å². The van der Waals surface area contributed by atoms with Gasteiger partial charge in [-0.25, -0.2) is 4.98 Å². The van der Waals surface area contributed by atoms with Gasteiger partial charge in [0.1, 0.15) is 0 Å². The molecule has 84 valence electrons. The van der Waals surface area contributed by atoms with Gasteiger partial charge in [0.2, 0.25) is 0 Å². The summed E-state index contributed by atoms with van der Waals surface area (Å²) in [6.07, 6.45) is 7.90. The van der Waals surface area contributed by atoms with E-state index in [9.17, 15) is 0 Å². The summed E-state index contributed by atoms with van der Waals surface area (Å²) in [6, 6.07) is 2.54. The number of hydrogen-bond acceptors (Lipinski definition) is 3. The van der Waals surface area contributed by atoms with Crippen LogP contribution in [0.25, 0.3) is 0 Å². The Kier molecular flexibility index (Phi) is 2.46. The van der Waals surface area contributed by atoms with Crippen molar-refractivity contribution in [3.8, 4) is 0 Å². The van der Waals surface area contributed by atoms with Crippen LogP contribution in [0.1, 0.15) is 30.3 Å². The van der Waals surface area contributed by atoms with Gasteiger partial charge in [-0.15, -0.1) is 0 Å². The molecule has 2 N–H and O–H groups in total. The zero-order valence-corrected chi connectivity index (χ0v) is 9.06. The first-order valence-electron chi connectivity index (χ1n) is 5.64. The molecular formula is C11H15N5. The Balaban J connectivity index is 1.75. The molecule has 2 aromatic heterocycles. The molecule has 0 amide bonds. The lowest BCUT2D eigenvalue weighted by Crippen LogP contribution is -2.23. The lowest BCUT2D eigenvalue weighted by atomic mass is 10.1. The summed E-state index contributed by atoms with van der Waals surface area (Å²) in [6.45, 7) is 2.08. The molecule has 1 saturated heterocycles. The Bertz CT molecular complexity index is 419. The molecule has 5 nitrogen and oxygen atoms in total. The molecule has 0 unspecified atom stereocenters. The Morgan fingerprint density at radius 1 is 1.50 bits per heavy atom. The van der Waals surface area contributed by atoms with Crippen molar-refractivity contribution in [3.05, 3.63) is 36.2 Å². The molecule has 0 radical (unpaired) electrons. The first kappa shape index (κ1) is 9.59. The van der Waals surface area contributed by atoms with E-state index in [0.717, 1.165) is 13.1 Å². The molecule has 2 aromatic rings. The van der Waals surface area contributed by atoms with Gasteiger partial charge in [0.15, 0.2) is 0 Å². The maximum absolute atomic E-state index is 4.05. The highest BCUT2D eigenvalue weighted by atomic mass is 15.2. The van der Waals surface area contributed by atoms with E-state index in [4.69, 9.17) is 0 Å². The van der Waals surface area contributed by atoms with Crippen LogP contribution in [0.2, 0.25) is 0 Å². The number of aromatic nitrogens is 4. The number of nitrogens with one attached hydrogen (secondary N) is 2. The molecule has 1 atom stereocenters. The normalized spacial score (nSPS) is 21.6. The van der Waals surface area contributed by atoms with E-state index in [1.165, 1.54) is 24.2 Å². The van der Waals surface area contributed by atoms with Crippen LogP contribution in [0.4, 0.5) is 0 Å². The third-order valence-corrected chi connectivity index (χ3v) is 3.17. The molecule has 0 aliphatic carbocycles. The Morgan fingerprint density at radius 3 is 3.25 bits per heavy atom. The van der Waals surface area contributed by atoms with Crippen molar-refractivity contribution in [2.45, 2.75) is 25.4 Å². The number of H-pyrrole nitrogens is 2.